The number of para-hydroxylation sites is 1. The predicted molar refractivity (Wildman–Crippen MR) is 59.8 cm³/mol. The minimum Gasteiger partial charge on any atom is -0.399 e. The topological polar surface area (TPSA) is 29.3 Å². The Hall–Kier alpha value is -1.02. The zero-order chi connectivity index (χ0) is 10.3. The third kappa shape index (κ3) is 6.17. The monoisotopic (exact) mass is 180 g/mol. The first kappa shape index (κ1) is 12.0. The van der Waals surface area contributed by atoms with Crippen molar-refractivity contribution >= 4 is 5.69 Å². The minimum atomic E-state index is 0.903. The third-order valence-electron chi connectivity index (χ3n) is 1.44. The number of hydrogen-bond acceptors (Lipinski definition) is 2. The number of hydrogen-bond donors (Lipinski definition) is 1. The fourth-order valence-corrected chi connectivity index (χ4v) is 0.856. The molecule has 0 amide bonds. The molecule has 2 N–H and O–H groups in total. The Bertz CT molecular complexity index is 229. The van der Waals surface area contributed by atoms with Crippen LogP contribution in [-0.2, 0) is 6.42 Å². The van der Waals surface area contributed by atoms with E-state index in [-0.39, 0.29) is 0 Å². The van der Waals surface area contributed by atoms with Gasteiger partial charge in [-0.3, -0.25) is 0 Å². The molecule has 13 heavy (non-hydrogen) atoms. The molecule has 0 aliphatic heterocycles. The lowest BCUT2D eigenvalue weighted by atomic mass is 10.1. The molecule has 0 radical (unpaired) electrons. The van der Waals surface area contributed by atoms with Crippen LogP contribution in [0.4, 0.5) is 5.69 Å². The van der Waals surface area contributed by atoms with E-state index in [1.165, 1.54) is 5.56 Å². The number of aryl methyl sites for hydroxylation is 1. The van der Waals surface area contributed by atoms with Gasteiger partial charge in [0.2, 0.25) is 0 Å². The Labute approximate surface area is 81.4 Å². The van der Waals surface area contributed by atoms with Crippen LogP contribution in [0.1, 0.15) is 12.5 Å². The van der Waals surface area contributed by atoms with Crippen molar-refractivity contribution in [2.45, 2.75) is 13.3 Å². The summed E-state index contributed by atoms with van der Waals surface area (Å²) < 4.78 is 0. The lowest BCUT2D eigenvalue weighted by molar-refractivity contribution is 0.505. The highest BCUT2D eigenvalue weighted by molar-refractivity contribution is 5.46. The molecule has 0 aliphatic carbocycles. The van der Waals surface area contributed by atoms with Gasteiger partial charge in [-0.1, -0.05) is 25.1 Å². The summed E-state index contributed by atoms with van der Waals surface area (Å²) in [6, 6.07) is 7.94. The molecule has 1 rings (SSSR count). The third-order valence-corrected chi connectivity index (χ3v) is 1.44. The zero-order valence-electron chi connectivity index (χ0n) is 9.04. The molecular weight excluding hydrogens is 160 g/mol. The second kappa shape index (κ2) is 6.49. The van der Waals surface area contributed by atoms with Crippen molar-refractivity contribution in [2.75, 3.05) is 26.9 Å². The molecule has 1 aromatic rings. The summed E-state index contributed by atoms with van der Waals surface area (Å²) in [5.41, 5.74) is 7.77. The van der Waals surface area contributed by atoms with Gasteiger partial charge in [0.1, 0.15) is 0 Å². The first-order valence-corrected chi connectivity index (χ1v) is 4.52. The molecule has 0 fully saturated rings. The van der Waals surface area contributed by atoms with Crippen LogP contribution < -0.4 is 5.73 Å². The molecule has 0 bridgehead atoms. The molecule has 2 nitrogen and oxygen atoms in total. The van der Waals surface area contributed by atoms with Crippen molar-refractivity contribution in [2.24, 2.45) is 0 Å². The van der Waals surface area contributed by atoms with Gasteiger partial charge in [-0.2, -0.15) is 0 Å². The van der Waals surface area contributed by atoms with Crippen molar-refractivity contribution in [1.82, 2.24) is 4.90 Å². The second-order valence-electron chi connectivity index (χ2n) is 3.39. The number of nitrogens with two attached hydrogens (primary N) is 1. The standard InChI is InChI=1S/C8H11N.C3H9N/c1-2-7-5-3-4-6-8(7)9;1-4(2)3/h3-6H,2,9H2,1H3;1-3H3. The van der Waals surface area contributed by atoms with Gasteiger partial charge in [0.15, 0.2) is 0 Å². The van der Waals surface area contributed by atoms with Gasteiger partial charge >= 0.3 is 0 Å². The largest absolute Gasteiger partial charge is 0.399 e. The Kier molecular flexibility index (Phi) is 5.98. The first-order valence-electron chi connectivity index (χ1n) is 4.52. The van der Waals surface area contributed by atoms with E-state index in [0.29, 0.717) is 0 Å². The van der Waals surface area contributed by atoms with Crippen LogP contribution in [-0.4, -0.2) is 26.0 Å². The molecule has 0 saturated heterocycles. The maximum Gasteiger partial charge on any atom is 0.0346 e. The second-order valence-corrected chi connectivity index (χ2v) is 3.39. The Morgan fingerprint density at radius 3 is 1.92 bits per heavy atom. The molecule has 0 spiro atoms. The van der Waals surface area contributed by atoms with Gasteiger partial charge in [-0.05, 0) is 39.2 Å². The average molecular weight is 180 g/mol. The lowest BCUT2D eigenvalue weighted by Crippen LogP contribution is -1.99. The summed E-state index contributed by atoms with van der Waals surface area (Å²) in [4.78, 5) is 2.00. The summed E-state index contributed by atoms with van der Waals surface area (Å²) in [6.45, 7) is 2.10. The summed E-state index contributed by atoms with van der Waals surface area (Å²) >= 11 is 0. The average Bonchev–Trinajstić information content (AvgIpc) is 2.04. The van der Waals surface area contributed by atoms with Crippen LogP contribution in [0.3, 0.4) is 0 Å². The minimum absolute atomic E-state index is 0.903. The number of benzene rings is 1. The van der Waals surface area contributed by atoms with E-state index in [9.17, 15) is 0 Å². The fourth-order valence-electron chi connectivity index (χ4n) is 0.856. The van der Waals surface area contributed by atoms with E-state index in [4.69, 9.17) is 5.73 Å². The van der Waals surface area contributed by atoms with Crippen LogP contribution in [0.5, 0.6) is 0 Å². The normalized spacial score (nSPS) is 9.31. The molecule has 1 aromatic carbocycles. The number of nitrogens with zero attached hydrogens (tertiary/aromatic N) is 1. The molecule has 0 atom stereocenters. The molecule has 0 aromatic heterocycles. The van der Waals surface area contributed by atoms with Gasteiger partial charge in [-0.25, -0.2) is 0 Å². The predicted octanol–water partition coefficient (Wildman–Crippen LogP) is 2.01. The van der Waals surface area contributed by atoms with Crippen molar-refractivity contribution in [3.8, 4) is 0 Å². The Morgan fingerprint density at radius 2 is 1.62 bits per heavy atom. The van der Waals surface area contributed by atoms with Gasteiger partial charge in [-0.15, -0.1) is 0 Å². The van der Waals surface area contributed by atoms with Gasteiger partial charge < -0.3 is 10.6 Å². The Morgan fingerprint density at radius 1 is 1.15 bits per heavy atom. The summed E-state index contributed by atoms with van der Waals surface area (Å²) in [6.07, 6.45) is 1.02. The maximum atomic E-state index is 5.63. The highest BCUT2D eigenvalue weighted by Gasteiger charge is 1.90. The van der Waals surface area contributed by atoms with Crippen molar-refractivity contribution < 1.29 is 0 Å². The highest BCUT2D eigenvalue weighted by atomic mass is 15.0. The zero-order valence-corrected chi connectivity index (χ0v) is 9.04. The van der Waals surface area contributed by atoms with E-state index in [1.54, 1.807) is 0 Å². The summed E-state index contributed by atoms with van der Waals surface area (Å²) in [7, 11) is 6.00. The SMILES string of the molecule is CCc1ccccc1N.CN(C)C. The fraction of sp³-hybridized carbons (Fsp3) is 0.455. The molecular formula is C11H20N2. The summed E-state index contributed by atoms with van der Waals surface area (Å²) in [5.74, 6) is 0. The molecule has 0 unspecified atom stereocenters. The van der Waals surface area contributed by atoms with E-state index in [0.717, 1.165) is 12.1 Å². The van der Waals surface area contributed by atoms with Crippen molar-refractivity contribution in [3.05, 3.63) is 29.8 Å². The van der Waals surface area contributed by atoms with Gasteiger partial charge in [0.05, 0.1) is 0 Å². The van der Waals surface area contributed by atoms with E-state index >= 15 is 0 Å². The molecule has 0 heterocycles. The van der Waals surface area contributed by atoms with Crippen LogP contribution in [0, 0.1) is 0 Å². The number of rotatable bonds is 1. The van der Waals surface area contributed by atoms with Gasteiger partial charge in [0.25, 0.3) is 0 Å². The Balaban J connectivity index is 0.000000310. The lowest BCUT2D eigenvalue weighted by Gasteiger charge is -1.98. The molecule has 2 heteroatoms. The van der Waals surface area contributed by atoms with Crippen molar-refractivity contribution in [3.63, 3.8) is 0 Å². The van der Waals surface area contributed by atoms with Crippen LogP contribution >= 0.6 is 0 Å². The van der Waals surface area contributed by atoms with E-state index in [1.807, 2.05) is 44.2 Å². The first-order chi connectivity index (χ1) is 6.07. The van der Waals surface area contributed by atoms with Crippen LogP contribution in [0.15, 0.2) is 24.3 Å². The number of anilines is 1. The maximum absolute atomic E-state index is 5.63. The molecule has 74 valence electrons. The molecule has 0 aliphatic rings. The summed E-state index contributed by atoms with van der Waals surface area (Å²) in [5, 5.41) is 0. The number of nitrogen functional groups attached to an aromatic ring is 1. The van der Waals surface area contributed by atoms with E-state index in [2.05, 4.69) is 13.0 Å². The van der Waals surface area contributed by atoms with Crippen molar-refractivity contribution in [1.29, 1.82) is 0 Å². The van der Waals surface area contributed by atoms with Crippen LogP contribution in [0.2, 0.25) is 0 Å². The molecule has 0 saturated carbocycles. The quantitative estimate of drug-likeness (QED) is 0.670. The highest BCUT2D eigenvalue weighted by Crippen LogP contribution is 2.09. The van der Waals surface area contributed by atoms with E-state index < -0.39 is 0 Å². The smallest absolute Gasteiger partial charge is 0.0346 e. The van der Waals surface area contributed by atoms with Gasteiger partial charge in [0, 0.05) is 5.69 Å². The van der Waals surface area contributed by atoms with Crippen LogP contribution in [0.25, 0.3) is 0 Å².